The molecule has 4 nitrogen and oxygen atoms in total. The van der Waals surface area contributed by atoms with E-state index < -0.39 is 16.3 Å². The van der Waals surface area contributed by atoms with Crippen molar-refractivity contribution in [1.29, 1.82) is 0 Å². The lowest BCUT2D eigenvalue weighted by molar-refractivity contribution is -0.160. The maximum absolute atomic E-state index is 11.9. The Morgan fingerprint density at radius 2 is 1.53 bits per heavy atom. The van der Waals surface area contributed by atoms with E-state index >= 15 is 0 Å². The van der Waals surface area contributed by atoms with Crippen LogP contribution >= 0.6 is 15.9 Å². The first-order chi connectivity index (χ1) is 7.94. The summed E-state index contributed by atoms with van der Waals surface area (Å²) in [5, 5.41) is 0. The van der Waals surface area contributed by atoms with E-state index in [1.165, 1.54) is 0 Å². The number of alkyl halides is 1. The Morgan fingerprint density at radius 1 is 1.12 bits per heavy atom. The lowest BCUT2D eigenvalue weighted by Gasteiger charge is -2.28. The summed E-state index contributed by atoms with van der Waals surface area (Å²) in [6.07, 6.45) is 1.62. The van der Waals surface area contributed by atoms with Crippen LogP contribution in [0.15, 0.2) is 0 Å². The van der Waals surface area contributed by atoms with E-state index in [0.29, 0.717) is 0 Å². The number of carbonyl (C=O) groups excluding carboxylic acids is 2. The molecule has 0 radical (unpaired) electrons. The van der Waals surface area contributed by atoms with Gasteiger partial charge in [0.25, 0.3) is 0 Å². The lowest BCUT2D eigenvalue weighted by Crippen LogP contribution is -2.48. The van der Waals surface area contributed by atoms with Crippen molar-refractivity contribution in [2.45, 2.75) is 44.9 Å². The monoisotopic (exact) mass is 308 g/mol. The minimum Gasteiger partial charge on any atom is -0.464 e. The molecule has 0 aliphatic heterocycles. The molecule has 17 heavy (non-hydrogen) atoms. The van der Waals surface area contributed by atoms with E-state index in [9.17, 15) is 9.59 Å². The maximum Gasteiger partial charge on any atom is 0.334 e. The number of ether oxygens (including phenoxy) is 2. The van der Waals surface area contributed by atoms with Gasteiger partial charge in [-0.05, 0) is 26.2 Å². The highest BCUT2D eigenvalue weighted by Gasteiger charge is 2.50. The van der Waals surface area contributed by atoms with E-state index in [-0.39, 0.29) is 19.1 Å². The van der Waals surface area contributed by atoms with Crippen LogP contribution < -0.4 is 0 Å². The highest BCUT2D eigenvalue weighted by molar-refractivity contribution is 9.10. The molecule has 0 saturated heterocycles. The smallest absolute Gasteiger partial charge is 0.334 e. The Balaban J connectivity index is 5.04. The molecule has 0 aromatic carbocycles. The lowest BCUT2D eigenvalue weighted by atomic mass is 9.90. The number of hydrogen-bond donors (Lipinski definition) is 0. The van der Waals surface area contributed by atoms with Gasteiger partial charge in [0.2, 0.25) is 4.32 Å². The van der Waals surface area contributed by atoms with Gasteiger partial charge in [-0.1, -0.05) is 36.2 Å². The van der Waals surface area contributed by atoms with Crippen molar-refractivity contribution in [2.75, 3.05) is 13.2 Å². The van der Waals surface area contributed by atoms with Gasteiger partial charge in [0.05, 0.1) is 13.2 Å². The SMILES string of the molecule is CCCC(C)C(Br)(C(=O)OCC)C(=O)OCC. The van der Waals surface area contributed by atoms with E-state index in [2.05, 4.69) is 15.9 Å². The highest BCUT2D eigenvalue weighted by atomic mass is 79.9. The summed E-state index contributed by atoms with van der Waals surface area (Å²) >= 11 is 3.24. The molecule has 0 amide bonds. The normalized spacial score (nSPS) is 13.0. The highest BCUT2D eigenvalue weighted by Crippen LogP contribution is 2.34. The van der Waals surface area contributed by atoms with Crippen molar-refractivity contribution in [3.63, 3.8) is 0 Å². The van der Waals surface area contributed by atoms with Gasteiger partial charge in [0, 0.05) is 0 Å². The third kappa shape index (κ3) is 3.98. The van der Waals surface area contributed by atoms with Crippen molar-refractivity contribution >= 4 is 27.9 Å². The topological polar surface area (TPSA) is 52.6 Å². The van der Waals surface area contributed by atoms with Crippen LogP contribution in [0.5, 0.6) is 0 Å². The molecule has 0 saturated carbocycles. The molecule has 0 bridgehead atoms. The standard InChI is InChI=1S/C12H21BrO4/c1-5-8-9(4)12(13,10(14)16-6-2)11(15)17-7-3/h9H,5-8H2,1-4H3. The van der Waals surface area contributed by atoms with Gasteiger partial charge in [-0.3, -0.25) is 0 Å². The number of halogens is 1. The van der Waals surface area contributed by atoms with Gasteiger partial charge < -0.3 is 9.47 Å². The van der Waals surface area contributed by atoms with Gasteiger partial charge in [-0.2, -0.15) is 0 Å². The Labute approximate surface area is 111 Å². The maximum atomic E-state index is 11.9. The Hall–Kier alpha value is -0.580. The molecular weight excluding hydrogens is 288 g/mol. The zero-order chi connectivity index (χ0) is 13.5. The van der Waals surface area contributed by atoms with Crippen molar-refractivity contribution in [2.24, 2.45) is 5.92 Å². The van der Waals surface area contributed by atoms with Crippen molar-refractivity contribution < 1.29 is 19.1 Å². The quantitative estimate of drug-likeness (QED) is 0.412. The molecule has 0 heterocycles. The van der Waals surface area contributed by atoms with Gasteiger partial charge >= 0.3 is 11.9 Å². The summed E-state index contributed by atoms with van der Waals surface area (Å²) in [5.41, 5.74) is 0. The third-order valence-corrected chi connectivity index (χ3v) is 3.97. The number of rotatable bonds is 7. The summed E-state index contributed by atoms with van der Waals surface area (Å²) in [6.45, 7) is 7.74. The summed E-state index contributed by atoms with van der Waals surface area (Å²) in [6, 6.07) is 0. The van der Waals surface area contributed by atoms with Crippen LogP contribution in [-0.2, 0) is 19.1 Å². The van der Waals surface area contributed by atoms with Crippen LogP contribution in [0, 0.1) is 5.92 Å². The van der Waals surface area contributed by atoms with E-state index in [4.69, 9.17) is 9.47 Å². The van der Waals surface area contributed by atoms with Gasteiger partial charge in [0.1, 0.15) is 0 Å². The zero-order valence-electron chi connectivity index (χ0n) is 10.9. The van der Waals surface area contributed by atoms with Crippen molar-refractivity contribution in [3.05, 3.63) is 0 Å². The molecule has 5 heteroatoms. The fourth-order valence-electron chi connectivity index (χ4n) is 1.59. The second-order valence-electron chi connectivity index (χ2n) is 3.84. The predicted octanol–water partition coefficient (Wildman–Crippen LogP) is 2.68. The summed E-state index contributed by atoms with van der Waals surface area (Å²) in [5.74, 6) is -1.32. The first-order valence-electron chi connectivity index (χ1n) is 5.98. The molecule has 0 N–H and O–H groups in total. The predicted molar refractivity (Wildman–Crippen MR) is 69.0 cm³/mol. The molecule has 1 unspecified atom stereocenters. The molecule has 1 atom stereocenters. The van der Waals surface area contributed by atoms with Crippen LogP contribution in [-0.4, -0.2) is 29.5 Å². The Bertz CT molecular complexity index is 247. The second kappa shape index (κ2) is 7.69. The van der Waals surface area contributed by atoms with Crippen molar-refractivity contribution in [3.8, 4) is 0 Å². The van der Waals surface area contributed by atoms with E-state index in [1.54, 1.807) is 13.8 Å². The van der Waals surface area contributed by atoms with Crippen LogP contribution in [0.1, 0.15) is 40.5 Å². The van der Waals surface area contributed by atoms with E-state index in [0.717, 1.165) is 12.8 Å². The van der Waals surface area contributed by atoms with Crippen LogP contribution in [0.3, 0.4) is 0 Å². The molecule has 0 aromatic rings. The third-order valence-electron chi connectivity index (χ3n) is 2.55. The molecule has 100 valence electrons. The van der Waals surface area contributed by atoms with Crippen LogP contribution in [0.2, 0.25) is 0 Å². The zero-order valence-corrected chi connectivity index (χ0v) is 12.5. The molecular formula is C12H21BrO4. The van der Waals surface area contributed by atoms with Crippen LogP contribution in [0.25, 0.3) is 0 Å². The van der Waals surface area contributed by atoms with Gasteiger partial charge in [-0.25, -0.2) is 9.59 Å². The molecule has 0 aliphatic carbocycles. The average molecular weight is 309 g/mol. The number of esters is 2. The molecule has 0 aromatic heterocycles. The molecule has 0 aliphatic rings. The minimum atomic E-state index is -1.38. The summed E-state index contributed by atoms with van der Waals surface area (Å²) in [4.78, 5) is 23.9. The Kier molecular flexibility index (Phi) is 7.43. The Morgan fingerprint density at radius 3 is 1.82 bits per heavy atom. The second-order valence-corrected chi connectivity index (χ2v) is 5.09. The summed E-state index contributed by atoms with van der Waals surface area (Å²) in [7, 11) is 0. The molecule has 0 spiro atoms. The fraction of sp³-hybridized carbons (Fsp3) is 0.833. The fourth-order valence-corrected chi connectivity index (χ4v) is 2.05. The van der Waals surface area contributed by atoms with Gasteiger partial charge in [-0.15, -0.1) is 0 Å². The van der Waals surface area contributed by atoms with E-state index in [1.807, 2.05) is 13.8 Å². The number of carbonyl (C=O) groups is 2. The molecule has 0 fully saturated rings. The molecule has 0 rings (SSSR count). The van der Waals surface area contributed by atoms with Crippen LogP contribution in [0.4, 0.5) is 0 Å². The minimum absolute atomic E-state index is 0.175. The summed E-state index contributed by atoms with van der Waals surface area (Å²) < 4.78 is 8.53. The average Bonchev–Trinajstić information content (AvgIpc) is 2.28. The largest absolute Gasteiger partial charge is 0.464 e. The first kappa shape index (κ1) is 16.4. The van der Waals surface area contributed by atoms with Gasteiger partial charge in [0.15, 0.2) is 0 Å². The first-order valence-corrected chi connectivity index (χ1v) is 6.77. The van der Waals surface area contributed by atoms with Crippen molar-refractivity contribution in [1.82, 2.24) is 0 Å². The number of hydrogen-bond acceptors (Lipinski definition) is 4.